The number of hydrogen-bond acceptors (Lipinski definition) is 5. The third-order valence-electron chi connectivity index (χ3n) is 5.40. The smallest absolute Gasteiger partial charge is 0.266 e. The third-order valence-corrected chi connectivity index (χ3v) is 6.73. The summed E-state index contributed by atoms with van der Waals surface area (Å²) < 4.78 is 8.23. The number of thioether (sulfide) groups is 1. The molecule has 1 atom stereocenters. The normalized spacial score (nSPS) is 16.2. The summed E-state index contributed by atoms with van der Waals surface area (Å²) in [4.78, 5) is 15.4. The van der Waals surface area contributed by atoms with E-state index in [4.69, 9.17) is 22.1 Å². The minimum Gasteiger partial charge on any atom is -0.491 e. The fraction of sp³-hybridized carbons (Fsp3) is 0.269. The van der Waals surface area contributed by atoms with Crippen LogP contribution in [0.2, 0.25) is 0 Å². The Morgan fingerprint density at radius 1 is 1.09 bits per heavy atom. The number of carbonyl (C=O) groups excluding carboxylic acids is 1. The second-order valence-electron chi connectivity index (χ2n) is 8.21. The molecule has 1 fully saturated rings. The first-order valence-electron chi connectivity index (χ1n) is 11.1. The Bertz CT molecular complexity index is 1180. The van der Waals surface area contributed by atoms with Gasteiger partial charge in [-0.1, -0.05) is 49.1 Å². The van der Waals surface area contributed by atoms with E-state index in [0.717, 1.165) is 34.7 Å². The molecule has 2 heterocycles. The van der Waals surface area contributed by atoms with E-state index >= 15 is 0 Å². The first-order chi connectivity index (χ1) is 15.9. The number of rotatable bonds is 7. The minimum absolute atomic E-state index is 0.0431. The third kappa shape index (κ3) is 5.04. The molecule has 3 aromatic rings. The van der Waals surface area contributed by atoms with Gasteiger partial charge in [-0.05, 0) is 69.7 Å². The van der Waals surface area contributed by atoms with Crippen LogP contribution in [-0.2, 0) is 4.79 Å². The molecule has 170 valence electrons. The van der Waals surface area contributed by atoms with Crippen LogP contribution in [0, 0.1) is 0 Å². The quantitative estimate of drug-likeness (QED) is 0.294. The van der Waals surface area contributed by atoms with Gasteiger partial charge in [-0.25, -0.2) is 4.68 Å². The van der Waals surface area contributed by atoms with Crippen LogP contribution in [0.5, 0.6) is 5.75 Å². The van der Waals surface area contributed by atoms with Gasteiger partial charge in [0.1, 0.15) is 10.1 Å². The largest absolute Gasteiger partial charge is 0.491 e. The number of thiocarbonyl (C=S) groups is 1. The summed E-state index contributed by atoms with van der Waals surface area (Å²) in [6.45, 7) is 8.08. The van der Waals surface area contributed by atoms with Crippen LogP contribution in [0.3, 0.4) is 0 Å². The molecular formula is C26H27N3O2S2. The zero-order valence-electron chi connectivity index (χ0n) is 19.2. The average molecular weight is 478 g/mol. The van der Waals surface area contributed by atoms with E-state index in [1.165, 1.54) is 11.8 Å². The number of hydrogen-bond donors (Lipinski definition) is 0. The summed E-state index contributed by atoms with van der Waals surface area (Å²) >= 11 is 6.85. The Kier molecular flexibility index (Phi) is 7.00. The van der Waals surface area contributed by atoms with E-state index in [2.05, 4.69) is 6.92 Å². The molecule has 4 rings (SSSR count). The molecule has 0 saturated carbocycles. The standard InChI is InChI=1S/C26H27N3O2S2/c1-5-18(4)29-25(30)23(33-26(29)32)15-20-16-28(21-9-7-6-8-10-21)27-24(20)19-11-13-22(14-12-19)31-17(2)3/h6-18H,5H2,1-4H3/b23-15-/t18-/m1/s1. The molecular weight excluding hydrogens is 450 g/mol. The zero-order chi connectivity index (χ0) is 23.5. The summed E-state index contributed by atoms with van der Waals surface area (Å²) in [6, 6.07) is 17.9. The van der Waals surface area contributed by atoms with Gasteiger partial charge in [-0.15, -0.1) is 0 Å². The fourth-order valence-corrected chi connectivity index (χ4v) is 5.03. The number of benzene rings is 2. The van der Waals surface area contributed by atoms with Crippen LogP contribution in [0.1, 0.15) is 39.7 Å². The van der Waals surface area contributed by atoms with Crippen LogP contribution < -0.4 is 4.74 Å². The number of para-hydroxylation sites is 1. The summed E-state index contributed by atoms with van der Waals surface area (Å²) in [5, 5.41) is 4.86. The summed E-state index contributed by atoms with van der Waals surface area (Å²) in [6.07, 6.45) is 4.82. The zero-order valence-corrected chi connectivity index (χ0v) is 20.8. The van der Waals surface area contributed by atoms with E-state index in [-0.39, 0.29) is 18.1 Å². The van der Waals surface area contributed by atoms with Crippen molar-refractivity contribution in [3.63, 3.8) is 0 Å². The highest BCUT2D eigenvalue weighted by Gasteiger charge is 2.35. The average Bonchev–Trinajstić information content (AvgIpc) is 3.35. The van der Waals surface area contributed by atoms with Gasteiger partial charge in [0.15, 0.2) is 0 Å². The molecule has 0 radical (unpaired) electrons. The van der Waals surface area contributed by atoms with Crippen LogP contribution in [0.4, 0.5) is 0 Å². The lowest BCUT2D eigenvalue weighted by Gasteiger charge is -2.21. The van der Waals surface area contributed by atoms with Crippen molar-refractivity contribution >= 4 is 40.3 Å². The van der Waals surface area contributed by atoms with Gasteiger partial charge in [-0.2, -0.15) is 5.10 Å². The summed E-state index contributed by atoms with van der Waals surface area (Å²) in [7, 11) is 0. The molecule has 5 nitrogen and oxygen atoms in total. The highest BCUT2D eigenvalue weighted by molar-refractivity contribution is 8.26. The van der Waals surface area contributed by atoms with Gasteiger partial charge in [0.2, 0.25) is 0 Å². The van der Waals surface area contributed by atoms with Crippen molar-refractivity contribution in [2.45, 2.75) is 46.3 Å². The van der Waals surface area contributed by atoms with Crippen LogP contribution in [-0.4, -0.2) is 37.1 Å². The number of ether oxygens (including phenoxy) is 1. The molecule has 1 saturated heterocycles. The van der Waals surface area contributed by atoms with E-state index in [0.29, 0.717) is 9.23 Å². The van der Waals surface area contributed by atoms with E-state index in [9.17, 15) is 4.79 Å². The van der Waals surface area contributed by atoms with Crippen LogP contribution in [0.25, 0.3) is 23.0 Å². The molecule has 1 amide bonds. The van der Waals surface area contributed by atoms with Gasteiger partial charge in [-0.3, -0.25) is 9.69 Å². The fourth-order valence-electron chi connectivity index (χ4n) is 3.58. The van der Waals surface area contributed by atoms with Crippen molar-refractivity contribution in [2.75, 3.05) is 0 Å². The lowest BCUT2D eigenvalue weighted by Crippen LogP contribution is -2.36. The molecule has 0 unspecified atom stereocenters. The number of amides is 1. The van der Waals surface area contributed by atoms with Crippen molar-refractivity contribution in [2.24, 2.45) is 0 Å². The molecule has 7 heteroatoms. The topological polar surface area (TPSA) is 47.4 Å². The van der Waals surface area contributed by atoms with Crippen LogP contribution in [0.15, 0.2) is 65.7 Å². The SMILES string of the molecule is CC[C@@H](C)N1C(=O)/C(=C/c2cn(-c3ccccc3)nc2-c2ccc(OC(C)C)cc2)SC1=S. The van der Waals surface area contributed by atoms with Gasteiger partial charge >= 0.3 is 0 Å². The lowest BCUT2D eigenvalue weighted by molar-refractivity contribution is -0.123. The molecule has 33 heavy (non-hydrogen) atoms. The number of nitrogens with zero attached hydrogens (tertiary/aromatic N) is 3. The van der Waals surface area contributed by atoms with Crippen molar-refractivity contribution in [3.05, 3.63) is 71.3 Å². The molecule has 0 aliphatic carbocycles. The van der Waals surface area contributed by atoms with E-state index < -0.39 is 0 Å². The maximum absolute atomic E-state index is 13.1. The number of carbonyl (C=O) groups is 1. The van der Waals surface area contributed by atoms with Gasteiger partial charge < -0.3 is 4.74 Å². The molecule has 1 aliphatic heterocycles. The lowest BCUT2D eigenvalue weighted by atomic mass is 10.1. The molecule has 0 bridgehead atoms. The van der Waals surface area contributed by atoms with E-state index in [1.54, 1.807) is 4.90 Å². The molecule has 1 aliphatic rings. The Morgan fingerprint density at radius 3 is 2.42 bits per heavy atom. The van der Waals surface area contributed by atoms with Crippen molar-refractivity contribution < 1.29 is 9.53 Å². The Hall–Kier alpha value is -2.90. The predicted molar refractivity (Wildman–Crippen MR) is 140 cm³/mol. The van der Waals surface area contributed by atoms with Gasteiger partial charge in [0, 0.05) is 23.4 Å². The highest BCUT2D eigenvalue weighted by atomic mass is 32.2. The minimum atomic E-state index is -0.0431. The Morgan fingerprint density at radius 2 is 1.79 bits per heavy atom. The van der Waals surface area contributed by atoms with Crippen molar-refractivity contribution in [1.29, 1.82) is 0 Å². The monoisotopic (exact) mass is 477 g/mol. The summed E-state index contributed by atoms with van der Waals surface area (Å²) in [5.41, 5.74) is 3.56. The highest BCUT2D eigenvalue weighted by Crippen LogP contribution is 2.36. The van der Waals surface area contributed by atoms with Crippen molar-refractivity contribution in [3.8, 4) is 22.7 Å². The maximum atomic E-state index is 13.1. The molecule has 1 aromatic heterocycles. The summed E-state index contributed by atoms with van der Waals surface area (Å²) in [5.74, 6) is 0.769. The first-order valence-corrected chi connectivity index (χ1v) is 12.3. The Labute approximate surface area is 204 Å². The predicted octanol–water partition coefficient (Wildman–Crippen LogP) is 6.33. The molecule has 0 spiro atoms. The second kappa shape index (κ2) is 9.93. The van der Waals surface area contributed by atoms with Crippen molar-refractivity contribution in [1.82, 2.24) is 14.7 Å². The Balaban J connectivity index is 1.76. The molecule has 0 N–H and O–H groups in total. The molecule has 2 aromatic carbocycles. The number of aromatic nitrogens is 2. The maximum Gasteiger partial charge on any atom is 0.266 e. The van der Waals surface area contributed by atoms with E-state index in [1.807, 2.05) is 92.3 Å². The van der Waals surface area contributed by atoms with Crippen LogP contribution >= 0.6 is 24.0 Å². The van der Waals surface area contributed by atoms with Gasteiger partial charge in [0.25, 0.3) is 5.91 Å². The van der Waals surface area contributed by atoms with Gasteiger partial charge in [0.05, 0.1) is 22.4 Å². The second-order valence-corrected chi connectivity index (χ2v) is 9.89. The first kappa shape index (κ1) is 23.3.